The fourth-order valence-corrected chi connectivity index (χ4v) is 5.12. The number of nitrogens with one attached hydrogen (secondary N) is 1. The van der Waals surface area contributed by atoms with Crippen LogP contribution in [0.3, 0.4) is 0 Å². The number of H-pyrrole nitrogens is 1. The van der Waals surface area contributed by atoms with Crippen LogP contribution in [0.2, 0.25) is 0 Å². The maximum Gasteiger partial charge on any atom is 0.217 e. The number of unbranched alkanes of at least 4 members (excludes halogenated alkanes) is 2. The molecule has 1 N–H and O–H groups in total. The third kappa shape index (κ3) is 6.15. The van der Waals surface area contributed by atoms with Crippen LogP contribution >= 0.6 is 0 Å². The van der Waals surface area contributed by atoms with E-state index in [2.05, 4.69) is 61.9 Å². The van der Waals surface area contributed by atoms with Crippen LogP contribution in [-0.4, -0.2) is 46.2 Å². The SMILES string of the molecule is CCCCCn1nc(C(=O)CC2CCCCC2)nc1Cc1ccc(-c2ncccc2-c2nnn[nH]2)cc1. The average molecular weight is 499 g/mol. The van der Waals surface area contributed by atoms with Gasteiger partial charge in [0.25, 0.3) is 0 Å². The molecule has 0 bridgehead atoms. The molecular formula is C28H34N8O. The van der Waals surface area contributed by atoms with Gasteiger partial charge in [0.15, 0.2) is 5.82 Å². The Kier molecular flexibility index (Phi) is 8.08. The largest absolute Gasteiger partial charge is 0.291 e. The maximum absolute atomic E-state index is 13.0. The smallest absolute Gasteiger partial charge is 0.217 e. The molecule has 0 aliphatic heterocycles. The predicted molar refractivity (Wildman–Crippen MR) is 141 cm³/mol. The van der Waals surface area contributed by atoms with E-state index in [4.69, 9.17) is 4.98 Å². The number of tetrazole rings is 1. The minimum Gasteiger partial charge on any atom is -0.291 e. The first-order valence-corrected chi connectivity index (χ1v) is 13.5. The first kappa shape index (κ1) is 24.9. The Morgan fingerprint density at radius 3 is 2.68 bits per heavy atom. The lowest BCUT2D eigenvalue weighted by Crippen LogP contribution is -2.13. The number of hydrogen-bond acceptors (Lipinski definition) is 7. The number of ketones is 1. The van der Waals surface area contributed by atoms with Gasteiger partial charge in [-0.15, -0.1) is 10.2 Å². The molecule has 9 heteroatoms. The second kappa shape index (κ2) is 12.0. The average Bonchev–Trinajstić information content (AvgIpc) is 3.61. The summed E-state index contributed by atoms with van der Waals surface area (Å²) in [4.78, 5) is 22.3. The molecule has 0 radical (unpaired) electrons. The van der Waals surface area contributed by atoms with Gasteiger partial charge in [-0.25, -0.2) is 14.8 Å². The van der Waals surface area contributed by atoms with Crippen molar-refractivity contribution in [2.24, 2.45) is 5.92 Å². The Morgan fingerprint density at radius 2 is 1.92 bits per heavy atom. The van der Waals surface area contributed by atoms with Gasteiger partial charge in [0, 0.05) is 36.7 Å². The summed E-state index contributed by atoms with van der Waals surface area (Å²) in [6.45, 7) is 2.97. The number of aromatic amines is 1. The molecule has 1 aromatic carbocycles. The lowest BCUT2D eigenvalue weighted by Gasteiger charge is -2.19. The van der Waals surface area contributed by atoms with Crippen LogP contribution in [-0.2, 0) is 13.0 Å². The molecule has 3 aromatic heterocycles. The molecule has 4 aromatic rings. The van der Waals surface area contributed by atoms with E-state index in [0.717, 1.165) is 66.9 Å². The molecule has 0 atom stereocenters. The van der Waals surface area contributed by atoms with Crippen LogP contribution < -0.4 is 0 Å². The normalized spacial score (nSPS) is 14.2. The predicted octanol–water partition coefficient (Wildman–Crippen LogP) is 5.45. The van der Waals surface area contributed by atoms with Crippen LogP contribution in [0, 0.1) is 5.92 Å². The van der Waals surface area contributed by atoms with E-state index in [1.807, 2.05) is 16.8 Å². The fourth-order valence-electron chi connectivity index (χ4n) is 5.12. The standard InChI is InChI=1S/C28H34N8O/c1-2-3-7-17-36-25(30-28(33-36)24(37)18-20-9-5-4-6-10-20)19-21-12-14-22(15-13-21)26-23(11-8-16-29-26)27-31-34-35-32-27/h8,11-16,20H,2-7,9-10,17-19H2,1H3,(H,31,32,34,35). The van der Waals surface area contributed by atoms with Crippen LogP contribution in [0.5, 0.6) is 0 Å². The summed E-state index contributed by atoms with van der Waals surface area (Å²) in [6, 6.07) is 12.1. The van der Waals surface area contributed by atoms with Crippen molar-refractivity contribution in [2.75, 3.05) is 0 Å². The number of carbonyl (C=O) groups excluding carboxylic acids is 1. The number of nitrogens with zero attached hydrogens (tertiary/aromatic N) is 7. The van der Waals surface area contributed by atoms with Gasteiger partial charge in [0.1, 0.15) is 5.82 Å². The number of aryl methyl sites for hydroxylation is 1. The highest BCUT2D eigenvalue weighted by molar-refractivity contribution is 5.92. The quantitative estimate of drug-likeness (QED) is 0.216. The molecule has 0 spiro atoms. The summed E-state index contributed by atoms with van der Waals surface area (Å²) in [5.41, 5.74) is 3.74. The molecule has 3 heterocycles. The molecule has 0 amide bonds. The second-order valence-corrected chi connectivity index (χ2v) is 9.94. The first-order chi connectivity index (χ1) is 18.2. The number of rotatable bonds is 11. The lowest BCUT2D eigenvalue weighted by molar-refractivity contribution is 0.0939. The van der Waals surface area contributed by atoms with Crippen molar-refractivity contribution in [3.8, 4) is 22.6 Å². The Hall–Kier alpha value is -3.75. The van der Waals surface area contributed by atoms with Crippen molar-refractivity contribution < 1.29 is 4.79 Å². The molecule has 37 heavy (non-hydrogen) atoms. The third-order valence-electron chi connectivity index (χ3n) is 7.17. The lowest BCUT2D eigenvalue weighted by atomic mass is 9.86. The van der Waals surface area contributed by atoms with E-state index in [9.17, 15) is 4.79 Å². The van der Waals surface area contributed by atoms with Crippen molar-refractivity contribution in [2.45, 2.75) is 77.7 Å². The van der Waals surface area contributed by atoms with E-state index in [1.165, 1.54) is 19.3 Å². The number of pyridine rings is 1. The van der Waals surface area contributed by atoms with Crippen LogP contribution in [0.15, 0.2) is 42.6 Å². The van der Waals surface area contributed by atoms with Crippen molar-refractivity contribution in [3.05, 3.63) is 59.8 Å². The van der Waals surface area contributed by atoms with Gasteiger partial charge in [-0.2, -0.15) is 0 Å². The van der Waals surface area contributed by atoms with Crippen molar-refractivity contribution in [1.82, 2.24) is 40.4 Å². The molecule has 1 aliphatic carbocycles. The molecule has 0 unspecified atom stereocenters. The molecule has 192 valence electrons. The van der Waals surface area contributed by atoms with Crippen LogP contribution in [0.25, 0.3) is 22.6 Å². The molecule has 1 aliphatic rings. The first-order valence-electron chi connectivity index (χ1n) is 13.5. The zero-order valence-corrected chi connectivity index (χ0v) is 21.4. The van der Waals surface area contributed by atoms with Gasteiger partial charge in [0.2, 0.25) is 11.6 Å². The second-order valence-electron chi connectivity index (χ2n) is 9.94. The number of hydrogen-bond donors (Lipinski definition) is 1. The minimum atomic E-state index is 0.0855. The van der Waals surface area contributed by atoms with Gasteiger partial charge in [0.05, 0.1) is 5.69 Å². The van der Waals surface area contributed by atoms with E-state index in [0.29, 0.717) is 30.4 Å². The monoisotopic (exact) mass is 498 g/mol. The summed E-state index contributed by atoms with van der Waals surface area (Å²) in [5.74, 6) is 2.38. The van der Waals surface area contributed by atoms with E-state index >= 15 is 0 Å². The van der Waals surface area contributed by atoms with E-state index in [1.54, 1.807) is 6.20 Å². The van der Waals surface area contributed by atoms with E-state index < -0.39 is 0 Å². The molecule has 9 nitrogen and oxygen atoms in total. The summed E-state index contributed by atoms with van der Waals surface area (Å²) < 4.78 is 1.95. The minimum absolute atomic E-state index is 0.0855. The Labute approximate surface area is 217 Å². The Morgan fingerprint density at radius 1 is 1.08 bits per heavy atom. The summed E-state index contributed by atoms with van der Waals surface area (Å²) in [7, 11) is 0. The van der Waals surface area contributed by atoms with Crippen molar-refractivity contribution in [3.63, 3.8) is 0 Å². The zero-order valence-electron chi connectivity index (χ0n) is 21.4. The van der Waals surface area contributed by atoms with E-state index in [-0.39, 0.29) is 5.78 Å². The van der Waals surface area contributed by atoms with Gasteiger partial charge in [-0.05, 0) is 40.5 Å². The topological polar surface area (TPSA) is 115 Å². The highest BCUT2D eigenvalue weighted by Crippen LogP contribution is 2.29. The number of aromatic nitrogens is 8. The molecule has 5 rings (SSSR count). The number of carbonyl (C=O) groups is 1. The van der Waals surface area contributed by atoms with Crippen molar-refractivity contribution in [1.29, 1.82) is 0 Å². The summed E-state index contributed by atoms with van der Waals surface area (Å²) in [6.07, 6.45) is 12.3. The van der Waals surface area contributed by atoms with Gasteiger partial charge >= 0.3 is 0 Å². The molecular weight excluding hydrogens is 464 g/mol. The Bertz CT molecular complexity index is 1290. The number of Topliss-reactive ketones (excluding diaryl/α,β-unsaturated/α-hetero) is 1. The third-order valence-corrected chi connectivity index (χ3v) is 7.17. The highest BCUT2D eigenvalue weighted by Gasteiger charge is 2.22. The molecule has 1 saturated carbocycles. The summed E-state index contributed by atoms with van der Waals surface area (Å²) in [5, 5.41) is 18.9. The van der Waals surface area contributed by atoms with Gasteiger partial charge in [-0.3, -0.25) is 9.78 Å². The number of benzene rings is 1. The fraction of sp³-hybridized carbons (Fsp3) is 0.464. The van der Waals surface area contributed by atoms with Crippen molar-refractivity contribution >= 4 is 5.78 Å². The molecule has 0 saturated heterocycles. The van der Waals surface area contributed by atoms with Gasteiger partial charge in [-0.1, -0.05) is 76.1 Å². The maximum atomic E-state index is 13.0. The van der Waals surface area contributed by atoms with Crippen LogP contribution in [0.1, 0.15) is 86.7 Å². The summed E-state index contributed by atoms with van der Waals surface area (Å²) >= 11 is 0. The zero-order chi connectivity index (χ0) is 25.5. The molecule has 1 fully saturated rings. The Balaban J connectivity index is 1.34. The van der Waals surface area contributed by atoms with Gasteiger partial charge < -0.3 is 0 Å². The van der Waals surface area contributed by atoms with Crippen LogP contribution in [0.4, 0.5) is 0 Å². The highest BCUT2D eigenvalue weighted by atomic mass is 16.1.